The van der Waals surface area contributed by atoms with Gasteiger partial charge in [-0.15, -0.1) is 0 Å². The lowest BCUT2D eigenvalue weighted by molar-refractivity contribution is 0.0143. The van der Waals surface area contributed by atoms with Crippen LogP contribution in [0.15, 0.2) is 32.0 Å². The molecule has 130 valence electrons. The topological polar surface area (TPSA) is 72.5 Å². The number of aromatic nitrogens is 2. The van der Waals surface area contributed by atoms with Crippen molar-refractivity contribution in [2.75, 3.05) is 38.2 Å². The number of morpholine rings is 1. The Labute approximate surface area is 148 Å². The summed E-state index contributed by atoms with van der Waals surface area (Å²) in [5.41, 5.74) is 0.511. The summed E-state index contributed by atoms with van der Waals surface area (Å²) in [6.45, 7) is 5.68. The third-order valence-corrected chi connectivity index (χ3v) is 4.91. The molecule has 1 unspecified atom stereocenters. The molecule has 7 nitrogen and oxygen atoms in total. The Morgan fingerprint density at radius 1 is 1.38 bits per heavy atom. The van der Waals surface area contributed by atoms with E-state index in [2.05, 4.69) is 31.2 Å². The molecule has 1 fully saturated rings. The monoisotopic (exact) mass is 396 g/mol. The van der Waals surface area contributed by atoms with Gasteiger partial charge in [-0.1, -0.05) is 0 Å². The lowest BCUT2D eigenvalue weighted by Gasteiger charge is -2.33. The van der Waals surface area contributed by atoms with Crippen LogP contribution in [0.4, 0.5) is 5.69 Å². The SMILES string of the molecule is Cc1ccc(C(CNc2cnn(C)c(=O)c2Br)N2CCOCC2)o1. The van der Waals surface area contributed by atoms with Crippen molar-refractivity contribution in [1.82, 2.24) is 14.7 Å². The van der Waals surface area contributed by atoms with Gasteiger partial charge in [0.2, 0.25) is 0 Å². The average Bonchev–Trinajstić information content (AvgIpc) is 3.02. The fourth-order valence-electron chi connectivity index (χ4n) is 2.77. The minimum atomic E-state index is -0.170. The first-order valence-corrected chi connectivity index (χ1v) is 8.69. The molecular weight excluding hydrogens is 376 g/mol. The van der Waals surface area contributed by atoms with Crippen molar-refractivity contribution in [2.24, 2.45) is 7.05 Å². The third kappa shape index (κ3) is 3.71. The number of hydrogen-bond donors (Lipinski definition) is 1. The van der Waals surface area contributed by atoms with Gasteiger partial charge in [0.05, 0.1) is 31.1 Å². The first-order chi connectivity index (χ1) is 11.6. The smallest absolute Gasteiger partial charge is 0.282 e. The molecule has 0 aliphatic carbocycles. The van der Waals surface area contributed by atoms with E-state index in [1.54, 1.807) is 13.2 Å². The summed E-state index contributed by atoms with van der Waals surface area (Å²) in [6.07, 6.45) is 1.65. The van der Waals surface area contributed by atoms with E-state index in [1.165, 1.54) is 4.68 Å². The minimum Gasteiger partial charge on any atom is -0.465 e. The van der Waals surface area contributed by atoms with Crippen LogP contribution in [0.3, 0.4) is 0 Å². The summed E-state index contributed by atoms with van der Waals surface area (Å²) in [7, 11) is 1.62. The highest BCUT2D eigenvalue weighted by Gasteiger charge is 2.25. The highest BCUT2D eigenvalue weighted by atomic mass is 79.9. The largest absolute Gasteiger partial charge is 0.465 e. The Morgan fingerprint density at radius 3 is 2.79 bits per heavy atom. The van der Waals surface area contributed by atoms with Gasteiger partial charge in [-0.05, 0) is 35.0 Å². The minimum absolute atomic E-state index is 0.0681. The lowest BCUT2D eigenvalue weighted by atomic mass is 10.1. The molecule has 0 saturated carbocycles. The van der Waals surface area contributed by atoms with Crippen LogP contribution in [0.25, 0.3) is 0 Å². The number of hydrogen-bond acceptors (Lipinski definition) is 6. The highest BCUT2D eigenvalue weighted by molar-refractivity contribution is 9.10. The van der Waals surface area contributed by atoms with E-state index < -0.39 is 0 Å². The van der Waals surface area contributed by atoms with Gasteiger partial charge in [0.1, 0.15) is 16.0 Å². The first-order valence-electron chi connectivity index (χ1n) is 7.90. The number of nitrogens with zero attached hydrogens (tertiary/aromatic N) is 3. The molecule has 0 amide bonds. The van der Waals surface area contributed by atoms with E-state index in [9.17, 15) is 4.79 Å². The van der Waals surface area contributed by atoms with Crippen LogP contribution in [0.2, 0.25) is 0 Å². The second-order valence-corrected chi connectivity index (χ2v) is 6.59. The van der Waals surface area contributed by atoms with Crippen molar-refractivity contribution in [2.45, 2.75) is 13.0 Å². The Balaban J connectivity index is 1.79. The van der Waals surface area contributed by atoms with E-state index in [0.717, 1.165) is 24.6 Å². The second kappa shape index (κ2) is 7.50. The van der Waals surface area contributed by atoms with Crippen LogP contribution in [0.5, 0.6) is 0 Å². The van der Waals surface area contributed by atoms with Gasteiger partial charge in [0.25, 0.3) is 5.56 Å². The number of furan rings is 1. The molecule has 2 aromatic rings. The first kappa shape index (κ1) is 17.2. The van der Waals surface area contributed by atoms with Crippen LogP contribution in [-0.4, -0.2) is 47.5 Å². The van der Waals surface area contributed by atoms with E-state index in [1.807, 2.05) is 19.1 Å². The van der Waals surface area contributed by atoms with Gasteiger partial charge in [-0.25, -0.2) is 4.68 Å². The zero-order valence-corrected chi connectivity index (χ0v) is 15.4. The molecule has 1 N–H and O–H groups in total. The van der Waals surface area contributed by atoms with E-state index in [-0.39, 0.29) is 11.6 Å². The fourth-order valence-corrected chi connectivity index (χ4v) is 3.27. The van der Waals surface area contributed by atoms with Crippen molar-refractivity contribution >= 4 is 21.6 Å². The van der Waals surface area contributed by atoms with Crippen LogP contribution >= 0.6 is 15.9 Å². The van der Waals surface area contributed by atoms with Crippen molar-refractivity contribution in [3.63, 3.8) is 0 Å². The maximum absolute atomic E-state index is 12.0. The highest BCUT2D eigenvalue weighted by Crippen LogP contribution is 2.25. The van der Waals surface area contributed by atoms with Crippen LogP contribution < -0.4 is 10.9 Å². The van der Waals surface area contributed by atoms with E-state index in [0.29, 0.717) is 29.9 Å². The Bertz CT molecular complexity index is 752. The lowest BCUT2D eigenvalue weighted by Crippen LogP contribution is -2.41. The molecule has 0 bridgehead atoms. The van der Waals surface area contributed by atoms with Crippen LogP contribution in [-0.2, 0) is 11.8 Å². The van der Waals surface area contributed by atoms with Crippen LogP contribution in [0.1, 0.15) is 17.6 Å². The molecular formula is C16H21BrN4O3. The molecule has 1 atom stereocenters. The average molecular weight is 397 g/mol. The number of anilines is 1. The van der Waals surface area contributed by atoms with Crippen molar-refractivity contribution < 1.29 is 9.15 Å². The van der Waals surface area contributed by atoms with Crippen molar-refractivity contribution in [1.29, 1.82) is 0 Å². The molecule has 1 aliphatic rings. The number of aryl methyl sites for hydroxylation is 2. The van der Waals surface area contributed by atoms with Gasteiger partial charge >= 0.3 is 0 Å². The maximum atomic E-state index is 12.0. The van der Waals surface area contributed by atoms with E-state index >= 15 is 0 Å². The Morgan fingerprint density at radius 2 is 2.12 bits per heavy atom. The number of nitrogens with one attached hydrogen (secondary N) is 1. The Kier molecular flexibility index (Phi) is 5.37. The second-order valence-electron chi connectivity index (χ2n) is 5.79. The van der Waals surface area contributed by atoms with Crippen LogP contribution in [0, 0.1) is 6.92 Å². The summed E-state index contributed by atoms with van der Waals surface area (Å²) in [6, 6.07) is 4.05. The third-order valence-electron chi connectivity index (χ3n) is 4.14. The van der Waals surface area contributed by atoms with Gasteiger partial charge in [-0.2, -0.15) is 5.10 Å². The molecule has 3 heterocycles. The molecule has 3 rings (SSSR count). The van der Waals surface area contributed by atoms with Gasteiger partial charge in [0.15, 0.2) is 0 Å². The number of rotatable bonds is 5. The summed E-state index contributed by atoms with van der Waals surface area (Å²) in [5.74, 6) is 1.80. The normalized spacial score (nSPS) is 17.0. The Hall–Kier alpha value is -1.64. The van der Waals surface area contributed by atoms with Crippen molar-refractivity contribution in [3.8, 4) is 0 Å². The maximum Gasteiger partial charge on any atom is 0.282 e. The molecule has 1 saturated heterocycles. The zero-order chi connectivity index (χ0) is 17.1. The van der Waals surface area contributed by atoms with Crippen molar-refractivity contribution in [3.05, 3.63) is 44.7 Å². The molecule has 0 radical (unpaired) electrons. The van der Waals surface area contributed by atoms with Gasteiger partial charge < -0.3 is 14.5 Å². The summed E-state index contributed by atoms with van der Waals surface area (Å²) < 4.78 is 13.1. The molecule has 1 aliphatic heterocycles. The number of ether oxygens (including phenoxy) is 1. The molecule has 24 heavy (non-hydrogen) atoms. The summed E-state index contributed by atoms with van der Waals surface area (Å²) in [5, 5.41) is 7.38. The quantitative estimate of drug-likeness (QED) is 0.832. The summed E-state index contributed by atoms with van der Waals surface area (Å²) >= 11 is 3.34. The molecule has 2 aromatic heterocycles. The summed E-state index contributed by atoms with van der Waals surface area (Å²) in [4.78, 5) is 14.3. The van der Waals surface area contributed by atoms with Gasteiger partial charge in [-0.3, -0.25) is 9.69 Å². The molecule has 0 aromatic carbocycles. The molecule has 0 spiro atoms. The predicted molar refractivity (Wildman–Crippen MR) is 94.2 cm³/mol. The fraction of sp³-hybridized carbons (Fsp3) is 0.500. The zero-order valence-electron chi connectivity index (χ0n) is 13.8. The number of halogens is 1. The predicted octanol–water partition coefficient (Wildman–Crippen LogP) is 1.93. The standard InChI is InChI=1S/C16H21BrN4O3/c1-11-3-4-14(24-11)13(21-5-7-23-8-6-21)10-18-12-9-19-20(2)16(22)15(12)17/h3-4,9,13,18H,5-8,10H2,1-2H3. The molecule has 8 heteroatoms. The van der Waals surface area contributed by atoms with E-state index in [4.69, 9.17) is 9.15 Å². The van der Waals surface area contributed by atoms with Gasteiger partial charge in [0, 0.05) is 26.7 Å².